The molecular formula is C14H16ClFN2O3. The summed E-state index contributed by atoms with van der Waals surface area (Å²) in [5.41, 5.74) is 0.0396. The Labute approximate surface area is 126 Å². The standard InChI is InChI=1S/C14H16ClFN2O3/c15-10-5-4-9(16)6-11(10)18-14(21)13(20)17-7-8-2-1-3-12(8)19/h4-6,8,12,19H,1-3,7H2,(H,17,20)(H,18,21). The van der Waals surface area contributed by atoms with Gasteiger partial charge in [0.15, 0.2) is 0 Å². The second-order valence-corrected chi connectivity index (χ2v) is 5.45. The monoisotopic (exact) mass is 314 g/mol. The summed E-state index contributed by atoms with van der Waals surface area (Å²) < 4.78 is 13.1. The van der Waals surface area contributed by atoms with Crippen molar-refractivity contribution in [2.24, 2.45) is 5.92 Å². The molecule has 2 rings (SSSR count). The van der Waals surface area contributed by atoms with Gasteiger partial charge in [-0.25, -0.2) is 4.39 Å². The molecule has 1 fully saturated rings. The van der Waals surface area contributed by atoms with Crippen molar-refractivity contribution in [1.29, 1.82) is 0 Å². The molecule has 2 unspecified atom stereocenters. The van der Waals surface area contributed by atoms with Gasteiger partial charge in [0.05, 0.1) is 16.8 Å². The van der Waals surface area contributed by atoms with Gasteiger partial charge in [0, 0.05) is 12.5 Å². The number of nitrogens with one attached hydrogen (secondary N) is 2. The highest BCUT2D eigenvalue weighted by Crippen LogP contribution is 2.25. The van der Waals surface area contributed by atoms with Crippen molar-refractivity contribution in [1.82, 2.24) is 5.32 Å². The molecule has 0 spiro atoms. The molecule has 1 saturated carbocycles. The summed E-state index contributed by atoms with van der Waals surface area (Å²) in [7, 11) is 0. The molecule has 0 aliphatic heterocycles. The fourth-order valence-electron chi connectivity index (χ4n) is 2.33. The summed E-state index contributed by atoms with van der Waals surface area (Å²) in [4.78, 5) is 23.4. The molecule has 7 heteroatoms. The number of carbonyl (C=O) groups is 2. The van der Waals surface area contributed by atoms with Crippen LogP contribution in [0.5, 0.6) is 0 Å². The Morgan fingerprint density at radius 2 is 2.10 bits per heavy atom. The number of aliphatic hydroxyl groups excluding tert-OH is 1. The van der Waals surface area contributed by atoms with E-state index in [9.17, 15) is 19.1 Å². The molecule has 1 aromatic carbocycles. The topological polar surface area (TPSA) is 78.4 Å². The molecule has 0 aromatic heterocycles. The summed E-state index contributed by atoms with van der Waals surface area (Å²) in [6, 6.07) is 3.48. The zero-order valence-electron chi connectivity index (χ0n) is 11.2. The van der Waals surface area contributed by atoms with E-state index in [-0.39, 0.29) is 23.2 Å². The molecule has 2 amide bonds. The van der Waals surface area contributed by atoms with Crippen molar-refractivity contribution >= 4 is 29.1 Å². The number of hydrogen-bond donors (Lipinski definition) is 3. The van der Waals surface area contributed by atoms with E-state index in [4.69, 9.17) is 11.6 Å². The summed E-state index contributed by atoms with van der Waals surface area (Å²) in [5.74, 6) is -2.35. The van der Waals surface area contributed by atoms with Gasteiger partial charge >= 0.3 is 11.8 Å². The van der Waals surface area contributed by atoms with Crippen LogP contribution in [0.25, 0.3) is 0 Å². The third-order valence-corrected chi connectivity index (χ3v) is 3.86. The number of anilines is 1. The van der Waals surface area contributed by atoms with Gasteiger partial charge in [-0.05, 0) is 31.0 Å². The van der Waals surface area contributed by atoms with E-state index in [0.29, 0.717) is 6.42 Å². The van der Waals surface area contributed by atoms with Crippen molar-refractivity contribution in [3.63, 3.8) is 0 Å². The minimum absolute atomic E-state index is 0.0282. The Bertz CT molecular complexity index is 553. The highest BCUT2D eigenvalue weighted by molar-refractivity contribution is 6.41. The number of benzene rings is 1. The fourth-order valence-corrected chi connectivity index (χ4v) is 2.50. The van der Waals surface area contributed by atoms with Crippen LogP contribution in [-0.2, 0) is 9.59 Å². The molecule has 114 valence electrons. The number of halogens is 2. The van der Waals surface area contributed by atoms with Crippen molar-refractivity contribution in [2.45, 2.75) is 25.4 Å². The van der Waals surface area contributed by atoms with Crippen LogP contribution in [0.1, 0.15) is 19.3 Å². The lowest BCUT2D eigenvalue weighted by Gasteiger charge is -2.15. The first-order valence-corrected chi connectivity index (χ1v) is 7.07. The molecule has 1 aliphatic rings. The minimum atomic E-state index is -0.921. The van der Waals surface area contributed by atoms with Crippen LogP contribution in [0.3, 0.4) is 0 Å². The Hall–Kier alpha value is -1.66. The maximum Gasteiger partial charge on any atom is 0.313 e. The second kappa shape index (κ2) is 6.87. The van der Waals surface area contributed by atoms with Gasteiger partial charge in [0.1, 0.15) is 5.82 Å². The van der Waals surface area contributed by atoms with Crippen LogP contribution in [-0.4, -0.2) is 29.6 Å². The second-order valence-electron chi connectivity index (χ2n) is 5.05. The molecule has 21 heavy (non-hydrogen) atoms. The van der Waals surface area contributed by atoms with Gasteiger partial charge in [-0.3, -0.25) is 9.59 Å². The van der Waals surface area contributed by atoms with E-state index in [1.54, 1.807) is 0 Å². The van der Waals surface area contributed by atoms with Crippen molar-refractivity contribution in [3.8, 4) is 0 Å². The Balaban J connectivity index is 1.87. The predicted octanol–water partition coefficient (Wildman–Crippen LogP) is 1.69. The van der Waals surface area contributed by atoms with Crippen LogP contribution in [0, 0.1) is 11.7 Å². The van der Waals surface area contributed by atoms with Gasteiger partial charge < -0.3 is 15.7 Å². The molecule has 0 saturated heterocycles. The number of aliphatic hydroxyl groups is 1. The number of carbonyl (C=O) groups excluding carboxylic acids is 2. The zero-order valence-corrected chi connectivity index (χ0v) is 12.0. The number of hydrogen-bond acceptors (Lipinski definition) is 3. The molecule has 0 bridgehead atoms. The smallest absolute Gasteiger partial charge is 0.313 e. The molecule has 5 nitrogen and oxygen atoms in total. The van der Waals surface area contributed by atoms with E-state index < -0.39 is 23.7 Å². The van der Waals surface area contributed by atoms with E-state index in [1.165, 1.54) is 6.07 Å². The molecule has 3 N–H and O–H groups in total. The lowest BCUT2D eigenvalue weighted by Crippen LogP contribution is -2.39. The van der Waals surface area contributed by atoms with Gasteiger partial charge in [-0.2, -0.15) is 0 Å². The molecule has 2 atom stereocenters. The van der Waals surface area contributed by atoms with Gasteiger partial charge in [-0.15, -0.1) is 0 Å². The van der Waals surface area contributed by atoms with Crippen LogP contribution in [0.4, 0.5) is 10.1 Å². The average molecular weight is 315 g/mol. The van der Waals surface area contributed by atoms with E-state index >= 15 is 0 Å². The van der Waals surface area contributed by atoms with Crippen molar-refractivity contribution in [2.75, 3.05) is 11.9 Å². The van der Waals surface area contributed by atoms with Crippen LogP contribution in [0.15, 0.2) is 18.2 Å². The van der Waals surface area contributed by atoms with Gasteiger partial charge in [-0.1, -0.05) is 18.0 Å². The van der Waals surface area contributed by atoms with Crippen molar-refractivity contribution < 1.29 is 19.1 Å². The summed E-state index contributed by atoms with van der Waals surface area (Å²) in [6.45, 7) is 0.240. The van der Waals surface area contributed by atoms with Crippen molar-refractivity contribution in [3.05, 3.63) is 29.0 Å². The summed E-state index contributed by atoms with van der Waals surface area (Å²) in [6.07, 6.45) is 2.00. The maximum absolute atomic E-state index is 13.1. The fraction of sp³-hybridized carbons (Fsp3) is 0.429. The first-order valence-electron chi connectivity index (χ1n) is 6.69. The molecule has 1 aromatic rings. The Morgan fingerprint density at radius 3 is 2.76 bits per heavy atom. The third-order valence-electron chi connectivity index (χ3n) is 3.53. The quantitative estimate of drug-likeness (QED) is 0.743. The normalized spacial score (nSPS) is 21.1. The predicted molar refractivity (Wildman–Crippen MR) is 76.4 cm³/mol. The minimum Gasteiger partial charge on any atom is -0.393 e. The highest BCUT2D eigenvalue weighted by atomic mass is 35.5. The highest BCUT2D eigenvalue weighted by Gasteiger charge is 2.26. The molecule has 1 aliphatic carbocycles. The van der Waals surface area contributed by atoms with Crippen LogP contribution < -0.4 is 10.6 Å². The van der Waals surface area contributed by atoms with E-state index in [2.05, 4.69) is 10.6 Å². The average Bonchev–Trinajstić information content (AvgIpc) is 2.85. The third kappa shape index (κ3) is 4.15. The molecular weight excluding hydrogens is 299 g/mol. The van der Waals surface area contributed by atoms with E-state index in [0.717, 1.165) is 25.0 Å². The van der Waals surface area contributed by atoms with E-state index in [1.807, 2.05) is 0 Å². The number of rotatable bonds is 3. The SMILES string of the molecule is O=C(NCC1CCCC1O)C(=O)Nc1cc(F)ccc1Cl. The molecule has 0 heterocycles. The summed E-state index contributed by atoms with van der Waals surface area (Å²) in [5, 5.41) is 14.5. The first-order chi connectivity index (χ1) is 9.97. The maximum atomic E-state index is 13.1. The lowest BCUT2D eigenvalue weighted by atomic mass is 10.1. The van der Waals surface area contributed by atoms with Crippen LogP contribution >= 0.6 is 11.6 Å². The Morgan fingerprint density at radius 1 is 1.33 bits per heavy atom. The first kappa shape index (κ1) is 15.7. The van der Waals surface area contributed by atoms with Crippen LogP contribution in [0.2, 0.25) is 5.02 Å². The lowest BCUT2D eigenvalue weighted by molar-refractivity contribution is -0.136. The molecule has 0 radical (unpaired) electrons. The largest absolute Gasteiger partial charge is 0.393 e. The van der Waals surface area contributed by atoms with Gasteiger partial charge in [0.2, 0.25) is 0 Å². The van der Waals surface area contributed by atoms with Gasteiger partial charge in [0.25, 0.3) is 0 Å². The summed E-state index contributed by atoms with van der Waals surface area (Å²) >= 11 is 5.80. The Kier molecular flexibility index (Phi) is 5.14. The zero-order chi connectivity index (χ0) is 15.4. The number of amides is 2.